The van der Waals surface area contributed by atoms with Crippen LogP contribution in [0.3, 0.4) is 0 Å². The van der Waals surface area contributed by atoms with Crippen LogP contribution in [0.2, 0.25) is 0 Å². The van der Waals surface area contributed by atoms with E-state index >= 15 is 0 Å². The molecule has 1 aliphatic carbocycles. The summed E-state index contributed by atoms with van der Waals surface area (Å²) in [5.41, 5.74) is 7.04. The van der Waals surface area contributed by atoms with Gasteiger partial charge in [0.25, 0.3) is 0 Å². The van der Waals surface area contributed by atoms with Gasteiger partial charge in [-0.1, -0.05) is 24.3 Å². The van der Waals surface area contributed by atoms with Crippen molar-refractivity contribution in [1.29, 1.82) is 0 Å². The highest BCUT2D eigenvalue weighted by molar-refractivity contribution is 7.09. The number of nitrogens with two attached hydrogens (primary N) is 1. The van der Waals surface area contributed by atoms with Crippen LogP contribution in [0.15, 0.2) is 46.8 Å². The van der Waals surface area contributed by atoms with Crippen molar-refractivity contribution in [2.24, 2.45) is 10.7 Å². The molecule has 0 bridgehead atoms. The molecule has 0 unspecified atom stereocenters. The van der Waals surface area contributed by atoms with Crippen LogP contribution in [0.1, 0.15) is 29.7 Å². The molecule has 1 aromatic carbocycles. The number of para-hydroxylation sites is 1. The zero-order valence-electron chi connectivity index (χ0n) is 13.2. The van der Waals surface area contributed by atoms with E-state index in [0.29, 0.717) is 18.6 Å². The van der Waals surface area contributed by atoms with Crippen LogP contribution in [0.25, 0.3) is 0 Å². The van der Waals surface area contributed by atoms with Gasteiger partial charge in [0.05, 0.1) is 12.6 Å². The lowest BCUT2D eigenvalue weighted by Crippen LogP contribution is -2.33. The summed E-state index contributed by atoms with van der Waals surface area (Å²) in [6, 6.07) is 12.3. The number of benzene rings is 1. The van der Waals surface area contributed by atoms with Crippen molar-refractivity contribution in [2.75, 3.05) is 6.54 Å². The predicted octanol–water partition coefficient (Wildman–Crippen LogP) is 3.33. The van der Waals surface area contributed by atoms with E-state index in [0.717, 1.165) is 37.1 Å². The second-order valence-electron chi connectivity index (χ2n) is 5.74. The standard InChI is InChI=1S/C18H23N3OS/c19-18(20-11-10-16-8-4-12-23-16)21-13-14-5-1-2-9-17(14)22-15-6-3-7-15/h1-2,4-5,8-9,12,15H,3,6-7,10-11,13H2,(H3,19,20,21). The van der Waals surface area contributed by atoms with Gasteiger partial charge < -0.3 is 15.8 Å². The first kappa shape index (κ1) is 15.9. The molecule has 0 atom stereocenters. The maximum absolute atomic E-state index is 6.01. The molecule has 1 heterocycles. The molecule has 0 radical (unpaired) electrons. The normalized spacial score (nSPS) is 15.2. The number of rotatable bonds is 7. The number of ether oxygens (including phenoxy) is 1. The third kappa shape index (κ3) is 4.73. The minimum atomic E-state index is 0.376. The average Bonchev–Trinajstić information content (AvgIpc) is 3.03. The Bertz CT molecular complexity index is 635. The Morgan fingerprint density at radius 1 is 1.26 bits per heavy atom. The lowest BCUT2D eigenvalue weighted by Gasteiger charge is -2.27. The van der Waals surface area contributed by atoms with Crippen molar-refractivity contribution >= 4 is 17.3 Å². The molecule has 1 saturated carbocycles. The monoisotopic (exact) mass is 329 g/mol. The van der Waals surface area contributed by atoms with Gasteiger partial charge >= 0.3 is 0 Å². The minimum Gasteiger partial charge on any atom is -0.490 e. The van der Waals surface area contributed by atoms with Crippen LogP contribution in [-0.2, 0) is 13.0 Å². The van der Waals surface area contributed by atoms with Crippen LogP contribution in [0.4, 0.5) is 0 Å². The summed E-state index contributed by atoms with van der Waals surface area (Å²) in [7, 11) is 0. The Morgan fingerprint density at radius 3 is 2.87 bits per heavy atom. The smallest absolute Gasteiger partial charge is 0.188 e. The Balaban J connectivity index is 1.49. The fourth-order valence-electron chi connectivity index (χ4n) is 2.41. The van der Waals surface area contributed by atoms with Gasteiger partial charge in [-0.2, -0.15) is 0 Å². The fraction of sp³-hybridized carbons (Fsp3) is 0.389. The van der Waals surface area contributed by atoms with E-state index in [1.165, 1.54) is 11.3 Å². The molecule has 0 amide bonds. The zero-order chi connectivity index (χ0) is 15.9. The fourth-order valence-corrected chi connectivity index (χ4v) is 3.12. The minimum absolute atomic E-state index is 0.376. The van der Waals surface area contributed by atoms with E-state index in [9.17, 15) is 0 Å². The number of hydrogen-bond donors (Lipinski definition) is 2. The van der Waals surface area contributed by atoms with Crippen molar-refractivity contribution < 1.29 is 4.74 Å². The molecule has 4 nitrogen and oxygen atoms in total. The molecule has 3 N–H and O–H groups in total. The van der Waals surface area contributed by atoms with Crippen molar-refractivity contribution in [1.82, 2.24) is 5.32 Å². The largest absolute Gasteiger partial charge is 0.490 e. The summed E-state index contributed by atoms with van der Waals surface area (Å²) in [4.78, 5) is 5.78. The molecule has 0 aliphatic heterocycles. The van der Waals surface area contributed by atoms with E-state index in [-0.39, 0.29) is 0 Å². The summed E-state index contributed by atoms with van der Waals surface area (Å²) in [6.45, 7) is 1.34. The third-order valence-corrected chi connectivity index (χ3v) is 4.93. The van der Waals surface area contributed by atoms with E-state index in [1.54, 1.807) is 11.3 Å². The molecular weight excluding hydrogens is 306 g/mol. The highest BCUT2D eigenvalue weighted by atomic mass is 32.1. The molecule has 1 aliphatic rings. The number of aliphatic imine (C=N–C) groups is 1. The van der Waals surface area contributed by atoms with Crippen molar-refractivity contribution in [2.45, 2.75) is 38.3 Å². The number of thiophene rings is 1. The van der Waals surface area contributed by atoms with E-state index < -0.39 is 0 Å². The lowest BCUT2D eigenvalue weighted by atomic mass is 9.96. The van der Waals surface area contributed by atoms with Gasteiger partial charge in [-0.15, -0.1) is 11.3 Å². The summed E-state index contributed by atoms with van der Waals surface area (Å²) in [5.74, 6) is 1.42. The number of nitrogens with one attached hydrogen (secondary N) is 1. The van der Waals surface area contributed by atoms with Crippen molar-refractivity contribution in [3.63, 3.8) is 0 Å². The maximum Gasteiger partial charge on any atom is 0.188 e. The van der Waals surface area contributed by atoms with E-state index in [2.05, 4.69) is 33.9 Å². The van der Waals surface area contributed by atoms with Crippen LogP contribution < -0.4 is 15.8 Å². The summed E-state index contributed by atoms with van der Waals surface area (Å²) in [6.07, 6.45) is 4.93. The van der Waals surface area contributed by atoms with Crippen LogP contribution >= 0.6 is 11.3 Å². The predicted molar refractivity (Wildman–Crippen MR) is 96.1 cm³/mol. The number of nitrogens with zero attached hydrogens (tertiary/aromatic N) is 1. The topological polar surface area (TPSA) is 59.6 Å². The Kier molecular flexibility index (Phi) is 5.53. The highest BCUT2D eigenvalue weighted by Gasteiger charge is 2.19. The van der Waals surface area contributed by atoms with Gasteiger partial charge in [-0.05, 0) is 43.2 Å². The van der Waals surface area contributed by atoms with Gasteiger partial charge in [0.15, 0.2) is 5.96 Å². The molecule has 2 aromatic rings. The molecule has 1 aromatic heterocycles. The van der Waals surface area contributed by atoms with Crippen molar-refractivity contribution in [3.05, 3.63) is 52.2 Å². The van der Waals surface area contributed by atoms with E-state index in [1.807, 2.05) is 18.2 Å². The first-order chi connectivity index (χ1) is 11.3. The summed E-state index contributed by atoms with van der Waals surface area (Å²) >= 11 is 1.76. The molecule has 122 valence electrons. The molecule has 1 fully saturated rings. The first-order valence-electron chi connectivity index (χ1n) is 8.12. The summed E-state index contributed by atoms with van der Waals surface area (Å²) in [5, 5.41) is 5.26. The van der Waals surface area contributed by atoms with Gasteiger partial charge in [0.1, 0.15) is 5.75 Å². The van der Waals surface area contributed by atoms with E-state index in [4.69, 9.17) is 10.5 Å². The molecule has 3 rings (SSSR count). The van der Waals surface area contributed by atoms with Crippen LogP contribution in [0, 0.1) is 0 Å². The molecule has 0 spiro atoms. The van der Waals surface area contributed by atoms with Crippen molar-refractivity contribution in [3.8, 4) is 5.75 Å². The Hall–Kier alpha value is -2.01. The lowest BCUT2D eigenvalue weighted by molar-refractivity contribution is 0.119. The van der Waals surface area contributed by atoms with Crippen LogP contribution in [0.5, 0.6) is 5.75 Å². The quantitative estimate of drug-likeness (QED) is 0.605. The van der Waals surface area contributed by atoms with Gasteiger partial charge in [0.2, 0.25) is 0 Å². The number of guanidine groups is 1. The number of hydrogen-bond acceptors (Lipinski definition) is 3. The van der Waals surface area contributed by atoms with Crippen LogP contribution in [-0.4, -0.2) is 18.6 Å². The van der Waals surface area contributed by atoms with Gasteiger partial charge in [0, 0.05) is 17.0 Å². The summed E-state index contributed by atoms with van der Waals surface area (Å²) < 4.78 is 6.01. The molecule has 23 heavy (non-hydrogen) atoms. The third-order valence-electron chi connectivity index (χ3n) is 4.00. The maximum atomic E-state index is 6.01. The molecular formula is C18H23N3OS. The Labute approximate surface area is 141 Å². The average molecular weight is 329 g/mol. The first-order valence-corrected chi connectivity index (χ1v) is 9.00. The second-order valence-corrected chi connectivity index (χ2v) is 6.77. The second kappa shape index (κ2) is 8.02. The van der Waals surface area contributed by atoms with Gasteiger partial charge in [-0.25, -0.2) is 4.99 Å². The zero-order valence-corrected chi connectivity index (χ0v) is 14.0. The van der Waals surface area contributed by atoms with Gasteiger partial charge in [-0.3, -0.25) is 0 Å². The SMILES string of the molecule is NC(=NCc1ccccc1OC1CCC1)NCCc1cccs1. The Morgan fingerprint density at radius 2 is 2.13 bits per heavy atom. The molecule has 0 saturated heterocycles. The molecule has 5 heteroatoms. The highest BCUT2D eigenvalue weighted by Crippen LogP contribution is 2.27.